The molecule has 0 atom stereocenters. The van der Waals surface area contributed by atoms with E-state index in [0.29, 0.717) is 5.65 Å². The van der Waals surface area contributed by atoms with Crippen LogP contribution in [0.3, 0.4) is 0 Å². The second-order valence-corrected chi connectivity index (χ2v) is 4.13. The summed E-state index contributed by atoms with van der Waals surface area (Å²) < 4.78 is 2.50. The van der Waals surface area contributed by atoms with Gasteiger partial charge in [-0.3, -0.25) is 4.79 Å². The van der Waals surface area contributed by atoms with Gasteiger partial charge in [-0.25, -0.2) is 9.55 Å². The Labute approximate surface area is 116 Å². The summed E-state index contributed by atoms with van der Waals surface area (Å²) in [6, 6.07) is 2.93. The van der Waals surface area contributed by atoms with Gasteiger partial charge in [0.25, 0.3) is 11.7 Å². The quantitative estimate of drug-likeness (QED) is 0.506. The fraction of sp³-hybridized carbons (Fsp3) is 0.100. The number of nitrogens with two attached hydrogens (primary N) is 1. The van der Waals surface area contributed by atoms with Crippen molar-refractivity contribution in [1.29, 1.82) is 0 Å². The highest BCUT2D eigenvalue weighted by Gasteiger charge is 2.23. The molecule has 3 rings (SSSR count). The maximum absolute atomic E-state index is 11.2. The largest absolute Gasteiger partial charge is 0.364 e. The van der Waals surface area contributed by atoms with Crippen molar-refractivity contribution in [3.8, 4) is 11.6 Å². The number of hydrogen-bond donors (Lipinski definition) is 1. The summed E-state index contributed by atoms with van der Waals surface area (Å²) >= 11 is 0. The average Bonchev–Trinajstić information content (AvgIpc) is 3.01. The lowest BCUT2D eigenvalue weighted by Crippen LogP contribution is -2.15. The van der Waals surface area contributed by atoms with Crippen molar-refractivity contribution in [2.45, 2.75) is 0 Å². The summed E-state index contributed by atoms with van der Waals surface area (Å²) in [7, 11) is 1.47. The van der Waals surface area contributed by atoms with Gasteiger partial charge in [0.1, 0.15) is 11.9 Å². The number of aromatic nitrogens is 6. The molecule has 11 heteroatoms. The molecule has 0 saturated heterocycles. The molecule has 0 fully saturated rings. The third-order valence-electron chi connectivity index (χ3n) is 2.87. The number of rotatable bonds is 3. The van der Waals surface area contributed by atoms with Gasteiger partial charge in [0.2, 0.25) is 5.82 Å². The minimum atomic E-state index is -0.706. The molecule has 3 aromatic rings. The van der Waals surface area contributed by atoms with E-state index in [1.807, 2.05) is 0 Å². The summed E-state index contributed by atoms with van der Waals surface area (Å²) in [5, 5.41) is 22.6. The van der Waals surface area contributed by atoms with E-state index in [0.717, 1.165) is 6.20 Å². The number of fused-ring (bicyclic) bond motifs is 1. The van der Waals surface area contributed by atoms with Gasteiger partial charge in [-0.15, -0.1) is 10.2 Å². The smallest absolute Gasteiger partial charge is 0.343 e. The van der Waals surface area contributed by atoms with Crippen molar-refractivity contribution >= 4 is 17.4 Å². The van der Waals surface area contributed by atoms with Crippen LogP contribution in [0.4, 0.5) is 5.82 Å². The molecule has 11 nitrogen and oxygen atoms in total. The molecule has 0 aliphatic carbocycles. The van der Waals surface area contributed by atoms with Crippen molar-refractivity contribution < 1.29 is 9.72 Å². The number of carbonyl (C=O) groups is 1. The van der Waals surface area contributed by atoms with Gasteiger partial charge in [0, 0.05) is 0 Å². The van der Waals surface area contributed by atoms with Gasteiger partial charge >= 0.3 is 5.82 Å². The van der Waals surface area contributed by atoms with E-state index in [2.05, 4.69) is 20.3 Å². The van der Waals surface area contributed by atoms with Crippen molar-refractivity contribution in [2.75, 3.05) is 0 Å². The van der Waals surface area contributed by atoms with E-state index in [-0.39, 0.29) is 23.2 Å². The maximum atomic E-state index is 11.2. The second kappa shape index (κ2) is 4.33. The van der Waals surface area contributed by atoms with Crippen LogP contribution in [0.1, 0.15) is 10.5 Å². The lowest BCUT2D eigenvalue weighted by molar-refractivity contribution is -0.391. The molecule has 2 N–H and O–H groups in total. The molecule has 0 radical (unpaired) electrons. The summed E-state index contributed by atoms with van der Waals surface area (Å²) in [6.07, 6.45) is 1.11. The van der Waals surface area contributed by atoms with Crippen LogP contribution in [-0.4, -0.2) is 40.2 Å². The van der Waals surface area contributed by atoms with E-state index in [4.69, 9.17) is 5.73 Å². The monoisotopic (exact) mass is 288 g/mol. The molecule has 0 bridgehead atoms. The van der Waals surface area contributed by atoms with E-state index in [1.54, 1.807) is 0 Å². The SMILES string of the molecule is Cn1c([N+](=O)[O-])cnc1-c1nnc2ccc(C(N)=O)nn12. The third-order valence-corrected chi connectivity index (χ3v) is 2.87. The highest BCUT2D eigenvalue weighted by atomic mass is 16.6. The molecule has 3 aromatic heterocycles. The molecule has 0 aromatic carbocycles. The molecule has 0 saturated carbocycles. The Morgan fingerprint density at radius 3 is 2.71 bits per heavy atom. The zero-order valence-corrected chi connectivity index (χ0v) is 10.7. The number of nitrogens with zero attached hydrogens (tertiary/aromatic N) is 7. The fourth-order valence-corrected chi connectivity index (χ4v) is 1.84. The zero-order chi connectivity index (χ0) is 15.1. The fourth-order valence-electron chi connectivity index (χ4n) is 1.84. The summed E-state index contributed by atoms with van der Waals surface area (Å²) in [5.41, 5.74) is 5.55. The predicted octanol–water partition coefficient (Wildman–Crippen LogP) is -0.468. The Kier molecular flexibility index (Phi) is 2.61. The lowest BCUT2D eigenvalue weighted by Gasteiger charge is -1.99. The zero-order valence-electron chi connectivity index (χ0n) is 10.7. The van der Waals surface area contributed by atoms with Crippen LogP contribution in [0.25, 0.3) is 17.3 Å². The van der Waals surface area contributed by atoms with Gasteiger partial charge in [-0.2, -0.15) is 9.61 Å². The summed E-state index contributed by atoms with van der Waals surface area (Å²) in [4.78, 5) is 25.4. The first-order valence-corrected chi connectivity index (χ1v) is 5.68. The topological polar surface area (TPSA) is 147 Å². The van der Waals surface area contributed by atoms with Crippen molar-refractivity contribution in [2.24, 2.45) is 12.8 Å². The molecule has 21 heavy (non-hydrogen) atoms. The van der Waals surface area contributed by atoms with Crippen LogP contribution in [0.2, 0.25) is 0 Å². The summed E-state index contributed by atoms with van der Waals surface area (Å²) in [5.74, 6) is -0.540. The van der Waals surface area contributed by atoms with E-state index in [9.17, 15) is 14.9 Å². The Morgan fingerprint density at radius 2 is 2.10 bits per heavy atom. The average molecular weight is 288 g/mol. The molecule has 1 amide bonds. The normalized spacial score (nSPS) is 10.9. The van der Waals surface area contributed by atoms with Crippen LogP contribution in [0, 0.1) is 10.1 Å². The molecule has 106 valence electrons. The Hall–Kier alpha value is -3.37. The first-order valence-electron chi connectivity index (χ1n) is 5.68. The molecular weight excluding hydrogens is 280 g/mol. The molecular formula is C10H8N8O3. The molecule has 0 spiro atoms. The molecule has 0 aliphatic heterocycles. The van der Waals surface area contributed by atoms with Crippen LogP contribution in [0.5, 0.6) is 0 Å². The number of hydrogen-bond acceptors (Lipinski definition) is 7. The number of carbonyl (C=O) groups excluding carboxylic acids is 1. The number of nitro groups is 1. The van der Waals surface area contributed by atoms with Gasteiger partial charge < -0.3 is 15.8 Å². The van der Waals surface area contributed by atoms with Crippen LogP contribution < -0.4 is 5.73 Å². The highest BCUT2D eigenvalue weighted by molar-refractivity contribution is 5.90. The van der Waals surface area contributed by atoms with Gasteiger partial charge in [0.15, 0.2) is 5.65 Å². The molecule has 3 heterocycles. The standard InChI is InChI=1S/C10H8N8O3/c1-16-7(18(20)21)4-12-9(16)10-14-13-6-3-2-5(8(11)19)15-17(6)10/h2-4H,1H3,(H2,11,19). The van der Waals surface area contributed by atoms with Crippen LogP contribution in [-0.2, 0) is 7.05 Å². The Balaban J connectivity index is 2.23. The van der Waals surface area contributed by atoms with Crippen LogP contribution >= 0.6 is 0 Å². The number of imidazole rings is 1. The molecule has 0 unspecified atom stereocenters. The van der Waals surface area contributed by atoms with Gasteiger partial charge in [-0.1, -0.05) is 0 Å². The van der Waals surface area contributed by atoms with Gasteiger partial charge in [0.05, 0.1) is 7.05 Å². The second-order valence-electron chi connectivity index (χ2n) is 4.13. The number of primary amides is 1. The maximum Gasteiger partial charge on any atom is 0.343 e. The predicted molar refractivity (Wildman–Crippen MR) is 68.2 cm³/mol. The Morgan fingerprint density at radius 1 is 1.33 bits per heavy atom. The van der Waals surface area contributed by atoms with E-state index < -0.39 is 10.8 Å². The van der Waals surface area contributed by atoms with E-state index >= 15 is 0 Å². The Bertz CT molecular complexity index is 880. The van der Waals surface area contributed by atoms with Gasteiger partial charge in [-0.05, 0) is 17.1 Å². The van der Waals surface area contributed by atoms with E-state index in [1.165, 1.54) is 28.3 Å². The number of amides is 1. The van der Waals surface area contributed by atoms with Crippen molar-refractivity contribution in [3.05, 3.63) is 34.1 Å². The minimum Gasteiger partial charge on any atom is -0.364 e. The minimum absolute atomic E-state index is 0.0206. The third kappa shape index (κ3) is 1.87. The van der Waals surface area contributed by atoms with Crippen LogP contribution in [0.15, 0.2) is 18.3 Å². The first kappa shape index (κ1) is 12.7. The lowest BCUT2D eigenvalue weighted by atomic mass is 10.4. The van der Waals surface area contributed by atoms with Crippen molar-refractivity contribution in [3.63, 3.8) is 0 Å². The summed E-state index contributed by atoms with van der Waals surface area (Å²) in [6.45, 7) is 0. The van der Waals surface area contributed by atoms with Crippen molar-refractivity contribution in [1.82, 2.24) is 29.4 Å². The first-order chi connectivity index (χ1) is 9.99. The highest BCUT2D eigenvalue weighted by Crippen LogP contribution is 2.20. The molecule has 0 aliphatic rings.